The lowest BCUT2D eigenvalue weighted by Gasteiger charge is -2.36. The smallest absolute Gasteiger partial charge is 0.240 e. The van der Waals surface area contributed by atoms with Gasteiger partial charge in [-0.1, -0.05) is 5.16 Å². The molecule has 9 heteroatoms. The maximum absolute atomic E-state index is 11.9. The fraction of sp³-hybridized carbons (Fsp3) is 0.312. The summed E-state index contributed by atoms with van der Waals surface area (Å²) in [5.41, 5.74) is 0. The topological polar surface area (TPSA) is 110 Å². The van der Waals surface area contributed by atoms with Crippen molar-refractivity contribution in [1.29, 1.82) is 0 Å². The van der Waals surface area contributed by atoms with E-state index in [1.54, 1.807) is 30.8 Å². The van der Waals surface area contributed by atoms with E-state index in [2.05, 4.69) is 25.4 Å². The molecule has 3 aromatic heterocycles. The summed E-state index contributed by atoms with van der Waals surface area (Å²) in [6, 6.07) is 5.34. The molecular formula is C16H16N6O3. The highest BCUT2D eigenvalue weighted by Gasteiger charge is 2.33. The summed E-state index contributed by atoms with van der Waals surface area (Å²) >= 11 is 0. The molecule has 128 valence electrons. The summed E-state index contributed by atoms with van der Waals surface area (Å²) in [6.45, 7) is 2.13. The number of likely N-dealkylation sites (tertiary alicyclic amines) is 1. The molecule has 1 aliphatic rings. The zero-order valence-electron chi connectivity index (χ0n) is 13.3. The lowest BCUT2D eigenvalue weighted by Crippen LogP contribution is -2.49. The molecule has 4 rings (SSSR count). The number of aromatic nitrogens is 4. The number of rotatable bonds is 6. The highest BCUT2D eigenvalue weighted by atomic mass is 16.5. The fourth-order valence-electron chi connectivity index (χ4n) is 2.62. The first kappa shape index (κ1) is 15.5. The van der Waals surface area contributed by atoms with Crippen LogP contribution in [0.2, 0.25) is 0 Å². The highest BCUT2D eigenvalue weighted by Crippen LogP contribution is 2.26. The number of hydrogen-bond acceptors (Lipinski definition) is 8. The van der Waals surface area contributed by atoms with Crippen molar-refractivity contribution in [2.24, 2.45) is 0 Å². The SMILES string of the molecule is O=C(CN1CC(c2nc(-c3ncccn3)no2)C1)NCc1ccco1. The minimum Gasteiger partial charge on any atom is -0.467 e. The first-order chi connectivity index (χ1) is 12.3. The van der Waals surface area contributed by atoms with Crippen molar-refractivity contribution in [2.75, 3.05) is 19.6 Å². The lowest BCUT2D eigenvalue weighted by atomic mass is 10.0. The molecule has 1 amide bonds. The van der Waals surface area contributed by atoms with Gasteiger partial charge in [0.25, 0.3) is 0 Å². The quantitative estimate of drug-likeness (QED) is 0.703. The number of furan rings is 1. The van der Waals surface area contributed by atoms with Crippen molar-refractivity contribution >= 4 is 5.91 Å². The van der Waals surface area contributed by atoms with Gasteiger partial charge in [-0.25, -0.2) is 9.97 Å². The molecule has 1 N–H and O–H groups in total. The van der Waals surface area contributed by atoms with Crippen LogP contribution in [0.1, 0.15) is 17.6 Å². The average Bonchev–Trinajstić information content (AvgIpc) is 3.28. The Bertz CT molecular complexity index is 827. The van der Waals surface area contributed by atoms with Gasteiger partial charge in [-0.3, -0.25) is 9.69 Å². The van der Waals surface area contributed by atoms with E-state index in [1.807, 2.05) is 11.0 Å². The van der Waals surface area contributed by atoms with E-state index in [9.17, 15) is 4.79 Å². The molecule has 0 aliphatic carbocycles. The summed E-state index contributed by atoms with van der Waals surface area (Å²) < 4.78 is 10.5. The van der Waals surface area contributed by atoms with Crippen LogP contribution >= 0.6 is 0 Å². The zero-order chi connectivity index (χ0) is 17.1. The third kappa shape index (κ3) is 3.56. The van der Waals surface area contributed by atoms with Crippen molar-refractivity contribution in [3.8, 4) is 11.6 Å². The van der Waals surface area contributed by atoms with Gasteiger partial charge >= 0.3 is 0 Å². The first-order valence-electron chi connectivity index (χ1n) is 7.90. The van der Waals surface area contributed by atoms with Crippen LogP contribution in [0.5, 0.6) is 0 Å². The molecular weight excluding hydrogens is 324 g/mol. The normalized spacial score (nSPS) is 15.0. The van der Waals surface area contributed by atoms with E-state index in [0.717, 1.165) is 5.76 Å². The molecule has 1 fully saturated rings. The van der Waals surface area contributed by atoms with Gasteiger partial charge in [0.1, 0.15) is 5.76 Å². The second kappa shape index (κ2) is 6.81. The van der Waals surface area contributed by atoms with E-state index < -0.39 is 0 Å². The number of carbonyl (C=O) groups is 1. The summed E-state index contributed by atoms with van der Waals surface area (Å²) in [5.74, 6) is 2.18. The minimum absolute atomic E-state index is 0.0428. The van der Waals surface area contributed by atoms with Crippen LogP contribution in [0, 0.1) is 0 Å². The Morgan fingerprint density at radius 2 is 2.08 bits per heavy atom. The lowest BCUT2D eigenvalue weighted by molar-refractivity contribution is -0.123. The molecule has 0 atom stereocenters. The monoisotopic (exact) mass is 340 g/mol. The van der Waals surface area contributed by atoms with Crippen molar-refractivity contribution in [1.82, 2.24) is 30.3 Å². The van der Waals surface area contributed by atoms with Gasteiger partial charge in [0, 0.05) is 25.5 Å². The molecule has 0 bridgehead atoms. The van der Waals surface area contributed by atoms with E-state index in [4.69, 9.17) is 8.94 Å². The summed E-state index contributed by atoms with van der Waals surface area (Å²) in [4.78, 5) is 26.5. The third-order valence-corrected chi connectivity index (χ3v) is 3.92. The highest BCUT2D eigenvalue weighted by molar-refractivity contribution is 5.78. The fourth-order valence-corrected chi connectivity index (χ4v) is 2.62. The molecule has 25 heavy (non-hydrogen) atoms. The largest absolute Gasteiger partial charge is 0.467 e. The molecule has 1 aliphatic heterocycles. The predicted octanol–water partition coefficient (Wildman–Crippen LogP) is 0.835. The van der Waals surface area contributed by atoms with Crippen LogP contribution in [0.4, 0.5) is 0 Å². The Morgan fingerprint density at radius 1 is 1.24 bits per heavy atom. The van der Waals surface area contributed by atoms with E-state index in [-0.39, 0.29) is 11.8 Å². The molecule has 9 nitrogen and oxygen atoms in total. The summed E-state index contributed by atoms with van der Waals surface area (Å²) in [6.07, 6.45) is 4.84. The maximum Gasteiger partial charge on any atom is 0.240 e. The minimum atomic E-state index is -0.0428. The maximum atomic E-state index is 11.9. The number of hydrogen-bond donors (Lipinski definition) is 1. The van der Waals surface area contributed by atoms with Crippen LogP contribution in [-0.2, 0) is 11.3 Å². The Hall–Kier alpha value is -3.07. The molecule has 4 heterocycles. The number of amides is 1. The molecule has 0 saturated carbocycles. The van der Waals surface area contributed by atoms with Gasteiger partial charge in [-0.2, -0.15) is 4.98 Å². The number of nitrogens with zero attached hydrogens (tertiary/aromatic N) is 5. The Balaban J connectivity index is 1.25. The van der Waals surface area contributed by atoms with E-state index in [0.29, 0.717) is 43.7 Å². The van der Waals surface area contributed by atoms with Gasteiger partial charge in [0.2, 0.25) is 23.4 Å². The van der Waals surface area contributed by atoms with E-state index in [1.165, 1.54) is 0 Å². The van der Waals surface area contributed by atoms with Crippen LogP contribution < -0.4 is 5.32 Å². The average molecular weight is 340 g/mol. The zero-order valence-corrected chi connectivity index (χ0v) is 13.3. The van der Waals surface area contributed by atoms with Crippen LogP contribution in [0.25, 0.3) is 11.6 Å². The van der Waals surface area contributed by atoms with Crippen molar-refractivity contribution < 1.29 is 13.7 Å². The summed E-state index contributed by atoms with van der Waals surface area (Å²) in [7, 11) is 0. The molecule has 0 spiro atoms. The van der Waals surface area contributed by atoms with Crippen LogP contribution in [0.15, 0.2) is 45.8 Å². The molecule has 3 aromatic rings. The van der Waals surface area contributed by atoms with Gasteiger partial charge in [0.15, 0.2) is 0 Å². The molecule has 0 unspecified atom stereocenters. The second-order valence-corrected chi connectivity index (χ2v) is 5.78. The first-order valence-corrected chi connectivity index (χ1v) is 7.90. The number of carbonyl (C=O) groups excluding carboxylic acids is 1. The molecule has 0 aromatic carbocycles. The number of nitrogens with one attached hydrogen (secondary N) is 1. The standard InChI is InChI=1S/C16H16N6O3/c23-13(19-7-12-3-1-6-24-12)10-22-8-11(9-22)16-20-15(21-25-16)14-17-4-2-5-18-14/h1-6,11H,7-10H2,(H,19,23). The van der Waals surface area contributed by atoms with Gasteiger partial charge in [-0.15, -0.1) is 0 Å². The Labute approximate surface area is 143 Å². The Morgan fingerprint density at radius 3 is 2.84 bits per heavy atom. The summed E-state index contributed by atoms with van der Waals surface area (Å²) in [5, 5.41) is 6.74. The van der Waals surface area contributed by atoms with Crippen molar-refractivity contribution in [2.45, 2.75) is 12.5 Å². The van der Waals surface area contributed by atoms with Crippen LogP contribution in [-0.4, -0.2) is 50.5 Å². The second-order valence-electron chi connectivity index (χ2n) is 5.78. The van der Waals surface area contributed by atoms with Crippen molar-refractivity contribution in [3.63, 3.8) is 0 Å². The Kier molecular flexibility index (Phi) is 4.21. The predicted molar refractivity (Wildman–Crippen MR) is 85.1 cm³/mol. The van der Waals surface area contributed by atoms with Gasteiger partial charge in [0.05, 0.1) is 25.3 Å². The van der Waals surface area contributed by atoms with Gasteiger partial charge < -0.3 is 14.3 Å². The van der Waals surface area contributed by atoms with Gasteiger partial charge in [-0.05, 0) is 18.2 Å². The molecule has 0 radical (unpaired) electrons. The van der Waals surface area contributed by atoms with E-state index >= 15 is 0 Å². The third-order valence-electron chi connectivity index (χ3n) is 3.92. The van der Waals surface area contributed by atoms with Crippen molar-refractivity contribution in [3.05, 3.63) is 48.5 Å². The molecule has 1 saturated heterocycles. The van der Waals surface area contributed by atoms with Crippen LogP contribution in [0.3, 0.4) is 0 Å².